The minimum absolute atomic E-state index is 0.00446. The first-order valence-electron chi connectivity index (χ1n) is 11.6. The molecular formula is C27H38FN3S. The lowest BCUT2D eigenvalue weighted by Crippen LogP contribution is -2.63. The first-order chi connectivity index (χ1) is 14.9. The fourth-order valence-electron chi connectivity index (χ4n) is 5.39. The molecule has 174 valence electrons. The van der Waals surface area contributed by atoms with Crippen LogP contribution in [0.25, 0.3) is 0 Å². The van der Waals surface area contributed by atoms with Gasteiger partial charge in [0, 0.05) is 29.4 Å². The molecule has 0 unspecified atom stereocenters. The average Bonchev–Trinajstić information content (AvgIpc) is 2.64. The molecule has 3 nitrogen and oxygen atoms in total. The van der Waals surface area contributed by atoms with E-state index < -0.39 is 0 Å². The maximum atomic E-state index is 13.5. The first kappa shape index (κ1) is 24.7. The van der Waals surface area contributed by atoms with Crippen LogP contribution in [0.1, 0.15) is 77.0 Å². The monoisotopic (exact) mass is 455 g/mol. The van der Waals surface area contributed by atoms with Gasteiger partial charge in [0.15, 0.2) is 5.11 Å². The molecule has 5 heteroatoms. The van der Waals surface area contributed by atoms with Gasteiger partial charge in [-0.1, -0.05) is 38.1 Å². The van der Waals surface area contributed by atoms with Crippen molar-refractivity contribution in [3.8, 4) is 0 Å². The van der Waals surface area contributed by atoms with E-state index >= 15 is 0 Å². The number of nitrogens with one attached hydrogen (secondary N) is 2. The second-order valence-corrected chi connectivity index (χ2v) is 11.2. The van der Waals surface area contributed by atoms with Gasteiger partial charge in [-0.25, -0.2) is 4.39 Å². The number of piperidine rings is 1. The molecule has 1 aliphatic heterocycles. The molecule has 1 saturated heterocycles. The number of rotatable bonds is 5. The van der Waals surface area contributed by atoms with Crippen LogP contribution in [0, 0.1) is 12.7 Å². The molecule has 0 saturated carbocycles. The summed E-state index contributed by atoms with van der Waals surface area (Å²) in [5.41, 5.74) is 4.68. The minimum Gasteiger partial charge on any atom is -0.342 e. The Morgan fingerprint density at radius 3 is 2.25 bits per heavy atom. The van der Waals surface area contributed by atoms with Gasteiger partial charge in [0.2, 0.25) is 0 Å². The molecular weight excluding hydrogens is 417 g/mol. The zero-order valence-electron chi connectivity index (χ0n) is 20.6. The van der Waals surface area contributed by atoms with Gasteiger partial charge in [0.25, 0.3) is 0 Å². The molecule has 2 N–H and O–H groups in total. The molecule has 3 rings (SSSR count). The summed E-state index contributed by atoms with van der Waals surface area (Å²) in [7, 11) is 0. The van der Waals surface area contributed by atoms with Gasteiger partial charge in [0.05, 0.1) is 0 Å². The van der Waals surface area contributed by atoms with Crippen LogP contribution in [0.4, 0.5) is 10.1 Å². The Kier molecular flexibility index (Phi) is 7.31. The van der Waals surface area contributed by atoms with Crippen molar-refractivity contribution >= 4 is 23.0 Å². The van der Waals surface area contributed by atoms with Crippen LogP contribution in [-0.2, 0) is 6.54 Å². The maximum Gasteiger partial charge on any atom is 0.173 e. The van der Waals surface area contributed by atoms with Crippen molar-refractivity contribution in [2.24, 2.45) is 0 Å². The van der Waals surface area contributed by atoms with E-state index in [1.807, 2.05) is 12.1 Å². The van der Waals surface area contributed by atoms with Crippen molar-refractivity contribution in [1.82, 2.24) is 10.2 Å². The average molecular weight is 456 g/mol. The van der Waals surface area contributed by atoms with Crippen molar-refractivity contribution in [1.29, 1.82) is 0 Å². The third-order valence-electron chi connectivity index (χ3n) is 6.28. The largest absolute Gasteiger partial charge is 0.342 e. The number of nitrogens with zero attached hydrogens (tertiary/aromatic N) is 1. The Labute approximate surface area is 198 Å². The molecule has 0 radical (unpaired) electrons. The summed E-state index contributed by atoms with van der Waals surface area (Å²) in [5.74, 6) is 0.176. The Morgan fingerprint density at radius 2 is 1.69 bits per heavy atom. The number of hydrogen-bond acceptors (Lipinski definition) is 2. The summed E-state index contributed by atoms with van der Waals surface area (Å²) in [4.78, 5) is 2.30. The molecule has 0 aliphatic carbocycles. The highest BCUT2D eigenvalue weighted by molar-refractivity contribution is 7.80. The van der Waals surface area contributed by atoms with E-state index in [1.165, 1.54) is 23.3 Å². The van der Waals surface area contributed by atoms with Gasteiger partial charge < -0.3 is 15.5 Å². The van der Waals surface area contributed by atoms with Crippen LogP contribution >= 0.6 is 12.2 Å². The Hall–Kier alpha value is -1.98. The van der Waals surface area contributed by atoms with Gasteiger partial charge in [-0.3, -0.25) is 0 Å². The summed E-state index contributed by atoms with van der Waals surface area (Å²) in [6.07, 6.45) is 1.95. The highest BCUT2D eigenvalue weighted by atomic mass is 32.1. The summed E-state index contributed by atoms with van der Waals surface area (Å²) >= 11 is 6.02. The normalized spacial score (nSPS) is 17.9. The Morgan fingerprint density at radius 1 is 1.09 bits per heavy atom. The van der Waals surface area contributed by atoms with E-state index in [2.05, 4.69) is 82.2 Å². The smallest absolute Gasteiger partial charge is 0.173 e. The van der Waals surface area contributed by atoms with Gasteiger partial charge in [-0.15, -0.1) is 0 Å². The number of benzene rings is 2. The fourth-order valence-corrected chi connectivity index (χ4v) is 5.71. The van der Waals surface area contributed by atoms with Crippen LogP contribution in [0.3, 0.4) is 0 Å². The number of halogens is 1. The van der Waals surface area contributed by atoms with Crippen molar-refractivity contribution in [3.63, 3.8) is 0 Å². The summed E-state index contributed by atoms with van der Waals surface area (Å²) < 4.78 is 13.5. The van der Waals surface area contributed by atoms with Gasteiger partial charge in [-0.05, 0) is 100 Å². The molecule has 0 spiro atoms. The number of thiocarbonyl (C=S) groups is 1. The van der Waals surface area contributed by atoms with E-state index in [1.54, 1.807) is 0 Å². The topological polar surface area (TPSA) is 27.3 Å². The maximum absolute atomic E-state index is 13.5. The lowest BCUT2D eigenvalue weighted by atomic mass is 9.79. The quantitative estimate of drug-likeness (QED) is 0.487. The Balaban J connectivity index is 1.94. The highest BCUT2D eigenvalue weighted by Crippen LogP contribution is 2.34. The molecule has 0 aromatic heterocycles. The predicted molar refractivity (Wildman–Crippen MR) is 138 cm³/mol. The lowest BCUT2D eigenvalue weighted by molar-refractivity contribution is 0.101. The van der Waals surface area contributed by atoms with Gasteiger partial charge in [0.1, 0.15) is 5.82 Å². The summed E-state index contributed by atoms with van der Waals surface area (Å²) in [6, 6.07) is 13.4. The molecule has 0 amide bonds. The van der Waals surface area contributed by atoms with E-state index in [0.29, 0.717) is 12.5 Å². The van der Waals surface area contributed by atoms with Gasteiger partial charge in [-0.2, -0.15) is 0 Å². The van der Waals surface area contributed by atoms with Crippen LogP contribution in [0.15, 0.2) is 42.5 Å². The predicted octanol–water partition coefficient (Wildman–Crippen LogP) is 6.77. The zero-order chi connectivity index (χ0) is 23.7. The van der Waals surface area contributed by atoms with Crippen LogP contribution in [0.2, 0.25) is 0 Å². The molecule has 2 aromatic rings. The fraction of sp³-hybridized carbons (Fsp3) is 0.519. The zero-order valence-corrected chi connectivity index (χ0v) is 21.4. The minimum atomic E-state index is -0.216. The van der Waals surface area contributed by atoms with E-state index in [4.69, 9.17) is 12.2 Å². The van der Waals surface area contributed by atoms with Crippen molar-refractivity contribution in [2.75, 3.05) is 5.32 Å². The van der Waals surface area contributed by atoms with Crippen LogP contribution in [0.5, 0.6) is 0 Å². The molecule has 2 aromatic carbocycles. The molecule has 0 bridgehead atoms. The molecule has 1 aliphatic rings. The lowest BCUT2D eigenvalue weighted by Gasteiger charge is -2.50. The number of hydrogen-bond donors (Lipinski definition) is 2. The highest BCUT2D eigenvalue weighted by Gasteiger charge is 2.40. The number of aryl methyl sites for hydroxylation is 1. The van der Waals surface area contributed by atoms with Crippen LogP contribution in [-0.4, -0.2) is 27.1 Å². The van der Waals surface area contributed by atoms with Crippen LogP contribution < -0.4 is 10.6 Å². The molecule has 0 atom stereocenters. The molecule has 1 heterocycles. The van der Waals surface area contributed by atoms with Crippen molar-refractivity contribution < 1.29 is 4.39 Å². The van der Waals surface area contributed by atoms with Gasteiger partial charge >= 0.3 is 0 Å². The van der Waals surface area contributed by atoms with E-state index in [-0.39, 0.29) is 22.9 Å². The second kappa shape index (κ2) is 9.48. The Bertz CT molecular complexity index is 934. The van der Waals surface area contributed by atoms with Crippen molar-refractivity contribution in [3.05, 3.63) is 65.0 Å². The third-order valence-corrected chi connectivity index (χ3v) is 6.62. The number of anilines is 1. The SMILES string of the molecule is Cc1cccc(NC(=S)N(Cc2ccc(F)cc2)C2CC(C)(C)NC(C)(C)C2)c1C(C)C. The molecule has 32 heavy (non-hydrogen) atoms. The third kappa shape index (κ3) is 6.08. The van der Waals surface area contributed by atoms with Crippen molar-refractivity contribution in [2.45, 2.75) is 90.9 Å². The van der Waals surface area contributed by atoms with E-state index in [0.717, 1.165) is 29.2 Å². The summed E-state index contributed by atoms with van der Waals surface area (Å²) in [6.45, 7) is 16.2. The van der Waals surface area contributed by atoms with E-state index in [9.17, 15) is 4.39 Å². The summed E-state index contributed by atoms with van der Waals surface area (Å²) in [5, 5.41) is 8.07. The standard InChI is InChI=1S/C27H38FN3S/c1-18(2)24-19(3)9-8-10-23(24)29-25(32)31(17-20-11-13-21(28)14-12-20)22-15-26(4,5)30-27(6,7)16-22/h8-14,18,22,30H,15-17H2,1-7H3,(H,29,32). The second-order valence-electron chi connectivity index (χ2n) is 10.8. The first-order valence-corrected chi connectivity index (χ1v) is 12.0. The molecule has 1 fully saturated rings.